The Bertz CT molecular complexity index is 603. The van der Waals surface area contributed by atoms with Crippen LogP contribution in [0.25, 0.3) is 22.1 Å². The van der Waals surface area contributed by atoms with Crippen molar-refractivity contribution in [1.82, 2.24) is 20.3 Å². The zero-order chi connectivity index (χ0) is 10.4. The van der Waals surface area contributed by atoms with E-state index >= 15 is 0 Å². The van der Waals surface area contributed by atoms with Crippen LogP contribution in [-0.4, -0.2) is 20.3 Å². The van der Waals surface area contributed by atoms with E-state index in [0.29, 0.717) is 0 Å². The summed E-state index contributed by atoms with van der Waals surface area (Å²) in [7, 11) is 0. The second-order valence-corrected chi connectivity index (χ2v) is 3.46. The molecule has 3 aromatic rings. The van der Waals surface area contributed by atoms with Gasteiger partial charge in [0, 0.05) is 23.5 Å². The minimum absolute atomic E-state index is 0.764. The van der Waals surface area contributed by atoms with Crippen LogP contribution in [0.3, 0.4) is 0 Å². The fraction of sp³-hybridized carbons (Fsp3) is 0.200. The van der Waals surface area contributed by atoms with Gasteiger partial charge in [0.1, 0.15) is 11.0 Å². The minimum Gasteiger partial charge on any atom is -0.253 e. The molecule has 0 bridgehead atoms. The summed E-state index contributed by atoms with van der Waals surface area (Å²) in [6, 6.07) is 0. The van der Waals surface area contributed by atoms with E-state index in [1.807, 2.05) is 13.8 Å². The summed E-state index contributed by atoms with van der Waals surface area (Å²) in [5.41, 5.74) is 5.16. The van der Waals surface area contributed by atoms with E-state index < -0.39 is 0 Å². The minimum atomic E-state index is 0.764. The predicted octanol–water partition coefficient (Wildman–Crippen LogP) is 1.78. The van der Waals surface area contributed by atoms with E-state index in [2.05, 4.69) is 20.3 Å². The van der Waals surface area contributed by atoms with Crippen molar-refractivity contribution in [2.45, 2.75) is 13.8 Å². The molecule has 0 aliphatic heterocycles. The summed E-state index contributed by atoms with van der Waals surface area (Å²) < 4.78 is 4.74. The highest BCUT2D eigenvalue weighted by Crippen LogP contribution is 2.26. The zero-order valence-electron chi connectivity index (χ0n) is 8.35. The van der Waals surface area contributed by atoms with Gasteiger partial charge in [0.15, 0.2) is 0 Å². The number of nitrogens with zero attached hydrogens (tertiary/aromatic N) is 4. The molecule has 1 aromatic carbocycles. The highest BCUT2D eigenvalue weighted by atomic mass is 16.6. The Kier molecular flexibility index (Phi) is 1.50. The van der Waals surface area contributed by atoms with Crippen molar-refractivity contribution in [3.8, 4) is 0 Å². The SMILES string of the molecule is Cc1c2nccnc2c(C)c2nonc12. The third-order valence-electron chi connectivity index (χ3n) is 2.61. The van der Waals surface area contributed by atoms with Gasteiger partial charge in [-0.15, -0.1) is 0 Å². The van der Waals surface area contributed by atoms with Crippen molar-refractivity contribution in [3.05, 3.63) is 23.5 Å². The second kappa shape index (κ2) is 2.73. The monoisotopic (exact) mass is 200 g/mol. The van der Waals surface area contributed by atoms with Crippen molar-refractivity contribution >= 4 is 22.1 Å². The molecule has 0 N–H and O–H groups in total. The number of aromatic nitrogens is 4. The molecule has 0 unspecified atom stereocenters. The first-order valence-electron chi connectivity index (χ1n) is 4.61. The Labute approximate surface area is 85.1 Å². The molecule has 0 saturated heterocycles. The molecule has 0 radical (unpaired) electrons. The van der Waals surface area contributed by atoms with Gasteiger partial charge in [-0.3, -0.25) is 9.97 Å². The molecule has 5 heteroatoms. The standard InChI is InChI=1S/C10H8N4O/c1-5-7-8(12-4-3-11-7)6(2)10-9(5)13-15-14-10/h3-4H,1-2H3. The van der Waals surface area contributed by atoms with Gasteiger partial charge >= 0.3 is 0 Å². The van der Waals surface area contributed by atoms with Crippen LogP contribution in [0.2, 0.25) is 0 Å². The average Bonchev–Trinajstić information content (AvgIpc) is 2.75. The van der Waals surface area contributed by atoms with E-state index in [1.54, 1.807) is 12.4 Å². The number of hydrogen-bond donors (Lipinski definition) is 0. The third kappa shape index (κ3) is 0.971. The summed E-state index contributed by atoms with van der Waals surface area (Å²) in [6.07, 6.45) is 3.35. The summed E-state index contributed by atoms with van der Waals surface area (Å²) in [6.45, 7) is 3.89. The smallest absolute Gasteiger partial charge is 0.140 e. The highest BCUT2D eigenvalue weighted by molar-refractivity contribution is 5.98. The summed E-state index contributed by atoms with van der Waals surface area (Å²) in [5.74, 6) is 0. The Hall–Kier alpha value is -2.04. The van der Waals surface area contributed by atoms with Crippen LogP contribution >= 0.6 is 0 Å². The van der Waals surface area contributed by atoms with Crippen LogP contribution in [0.4, 0.5) is 0 Å². The number of benzene rings is 1. The van der Waals surface area contributed by atoms with E-state index in [-0.39, 0.29) is 0 Å². The Morgan fingerprint density at radius 2 is 1.27 bits per heavy atom. The van der Waals surface area contributed by atoms with Crippen LogP contribution in [0.5, 0.6) is 0 Å². The number of rotatable bonds is 0. The molecule has 5 nitrogen and oxygen atoms in total. The van der Waals surface area contributed by atoms with Crippen LogP contribution < -0.4 is 0 Å². The molecule has 0 saturated carbocycles. The maximum Gasteiger partial charge on any atom is 0.140 e. The Morgan fingerprint density at radius 3 is 1.73 bits per heavy atom. The first kappa shape index (κ1) is 8.28. The van der Waals surface area contributed by atoms with Crippen molar-refractivity contribution in [1.29, 1.82) is 0 Å². The molecule has 74 valence electrons. The fourth-order valence-electron chi connectivity index (χ4n) is 1.79. The van der Waals surface area contributed by atoms with Crippen LogP contribution in [0, 0.1) is 13.8 Å². The van der Waals surface area contributed by atoms with Gasteiger partial charge in [-0.05, 0) is 24.2 Å². The fourth-order valence-corrected chi connectivity index (χ4v) is 1.79. The Balaban J connectivity index is 2.69. The van der Waals surface area contributed by atoms with Crippen molar-refractivity contribution < 1.29 is 4.63 Å². The largest absolute Gasteiger partial charge is 0.253 e. The maximum absolute atomic E-state index is 4.74. The van der Waals surface area contributed by atoms with Gasteiger partial charge < -0.3 is 0 Å². The van der Waals surface area contributed by atoms with Gasteiger partial charge in [0.05, 0.1) is 11.0 Å². The quantitative estimate of drug-likeness (QED) is 0.553. The lowest BCUT2D eigenvalue weighted by Crippen LogP contribution is -1.91. The molecule has 0 aliphatic rings. The molecular weight excluding hydrogens is 192 g/mol. The van der Waals surface area contributed by atoms with Gasteiger partial charge in [0.2, 0.25) is 0 Å². The predicted molar refractivity (Wildman–Crippen MR) is 54.4 cm³/mol. The van der Waals surface area contributed by atoms with E-state index in [0.717, 1.165) is 33.2 Å². The maximum atomic E-state index is 4.74. The topological polar surface area (TPSA) is 64.7 Å². The number of hydrogen-bond acceptors (Lipinski definition) is 5. The van der Waals surface area contributed by atoms with Crippen LogP contribution in [0.15, 0.2) is 17.0 Å². The molecule has 2 aromatic heterocycles. The molecular formula is C10H8N4O. The lowest BCUT2D eigenvalue weighted by molar-refractivity contribution is 0.315. The number of aryl methyl sites for hydroxylation is 2. The normalized spacial score (nSPS) is 11.3. The summed E-state index contributed by atoms with van der Waals surface area (Å²) >= 11 is 0. The summed E-state index contributed by atoms with van der Waals surface area (Å²) in [4.78, 5) is 8.60. The van der Waals surface area contributed by atoms with E-state index in [1.165, 1.54) is 0 Å². The third-order valence-corrected chi connectivity index (χ3v) is 2.61. The van der Waals surface area contributed by atoms with Crippen molar-refractivity contribution in [3.63, 3.8) is 0 Å². The van der Waals surface area contributed by atoms with Crippen molar-refractivity contribution in [2.75, 3.05) is 0 Å². The summed E-state index contributed by atoms with van der Waals surface area (Å²) in [5, 5.41) is 7.75. The number of fused-ring (bicyclic) bond motifs is 2. The average molecular weight is 200 g/mol. The van der Waals surface area contributed by atoms with Crippen LogP contribution in [-0.2, 0) is 0 Å². The molecule has 3 rings (SSSR count). The molecule has 0 fully saturated rings. The second-order valence-electron chi connectivity index (χ2n) is 3.46. The lowest BCUT2D eigenvalue weighted by Gasteiger charge is -2.02. The van der Waals surface area contributed by atoms with Crippen LogP contribution in [0.1, 0.15) is 11.1 Å². The van der Waals surface area contributed by atoms with Gasteiger partial charge in [-0.2, -0.15) is 0 Å². The molecule has 0 amide bonds. The highest BCUT2D eigenvalue weighted by Gasteiger charge is 2.14. The zero-order valence-corrected chi connectivity index (χ0v) is 8.35. The molecule has 2 heterocycles. The lowest BCUT2D eigenvalue weighted by atomic mass is 10.1. The van der Waals surface area contributed by atoms with Gasteiger partial charge in [-0.1, -0.05) is 0 Å². The van der Waals surface area contributed by atoms with Gasteiger partial charge in [0.25, 0.3) is 0 Å². The van der Waals surface area contributed by atoms with E-state index in [9.17, 15) is 0 Å². The van der Waals surface area contributed by atoms with Crippen molar-refractivity contribution in [2.24, 2.45) is 0 Å². The molecule has 15 heavy (non-hydrogen) atoms. The molecule has 0 atom stereocenters. The molecule has 0 spiro atoms. The first-order chi connectivity index (χ1) is 7.29. The Morgan fingerprint density at radius 1 is 0.800 bits per heavy atom. The molecule has 0 aliphatic carbocycles. The van der Waals surface area contributed by atoms with E-state index in [4.69, 9.17) is 4.63 Å². The first-order valence-corrected chi connectivity index (χ1v) is 4.61. The van der Waals surface area contributed by atoms with Gasteiger partial charge in [-0.25, -0.2) is 4.63 Å².